The Hall–Kier alpha value is -3.34. The molecular weight excluding hydrogens is 560 g/mol. The number of esters is 2. The highest BCUT2D eigenvalue weighted by atomic mass is 79.9. The molecule has 38 heavy (non-hydrogen) atoms. The maximum absolute atomic E-state index is 13.2. The van der Waals surface area contributed by atoms with Gasteiger partial charge in [-0.1, -0.05) is 40.5 Å². The summed E-state index contributed by atoms with van der Waals surface area (Å²) in [5, 5.41) is 3.52. The van der Waals surface area contributed by atoms with E-state index in [-0.39, 0.29) is 29.2 Å². The number of carbonyl (C=O) groups is 3. The van der Waals surface area contributed by atoms with E-state index >= 15 is 0 Å². The fraction of sp³-hybridized carbons (Fsp3) is 0.481. The van der Waals surface area contributed by atoms with Crippen LogP contribution in [0, 0.1) is 5.92 Å². The SMILES string of the molecule is COc1ccnc(C(=O)NC2CCCC(CCBr)C(Oc3ccccc3)C(C)OC2=O)c1OCOC(C)=O. The summed E-state index contributed by atoms with van der Waals surface area (Å²) in [6.45, 7) is 2.61. The topological polar surface area (TPSA) is 122 Å². The molecule has 2 aromatic rings. The average molecular weight is 593 g/mol. The summed E-state index contributed by atoms with van der Waals surface area (Å²) in [6.07, 6.45) is 3.14. The molecule has 206 valence electrons. The Morgan fingerprint density at radius 1 is 1.18 bits per heavy atom. The normalized spacial score (nSPS) is 21.6. The zero-order valence-electron chi connectivity index (χ0n) is 21.7. The van der Waals surface area contributed by atoms with Gasteiger partial charge < -0.3 is 29.0 Å². The Labute approximate surface area is 230 Å². The molecule has 1 saturated heterocycles. The number of cyclic esters (lactones) is 1. The second-order valence-electron chi connectivity index (χ2n) is 8.82. The highest BCUT2D eigenvalue weighted by Gasteiger charge is 2.36. The van der Waals surface area contributed by atoms with Gasteiger partial charge in [0.15, 0.2) is 17.2 Å². The smallest absolute Gasteiger partial charge is 0.329 e. The minimum atomic E-state index is -0.903. The van der Waals surface area contributed by atoms with Crippen LogP contribution in [0.25, 0.3) is 0 Å². The summed E-state index contributed by atoms with van der Waals surface area (Å²) >= 11 is 3.53. The van der Waals surface area contributed by atoms with E-state index in [2.05, 4.69) is 26.2 Å². The number of amides is 1. The van der Waals surface area contributed by atoms with Gasteiger partial charge in [0.25, 0.3) is 5.91 Å². The Kier molecular flexibility index (Phi) is 11.2. The van der Waals surface area contributed by atoms with Gasteiger partial charge in [-0.2, -0.15) is 0 Å². The molecule has 2 heterocycles. The molecule has 0 bridgehead atoms. The van der Waals surface area contributed by atoms with Gasteiger partial charge in [-0.15, -0.1) is 0 Å². The van der Waals surface area contributed by atoms with E-state index in [9.17, 15) is 14.4 Å². The molecular formula is C27H33BrN2O8. The molecule has 3 rings (SSSR count). The van der Waals surface area contributed by atoms with E-state index in [1.807, 2.05) is 37.3 Å². The van der Waals surface area contributed by atoms with Gasteiger partial charge in [0, 0.05) is 30.4 Å². The third kappa shape index (κ3) is 8.08. The number of hydrogen-bond acceptors (Lipinski definition) is 9. The van der Waals surface area contributed by atoms with Crippen LogP contribution in [0.3, 0.4) is 0 Å². The van der Waals surface area contributed by atoms with Crippen LogP contribution in [-0.2, 0) is 19.1 Å². The van der Waals surface area contributed by atoms with Gasteiger partial charge >= 0.3 is 11.9 Å². The van der Waals surface area contributed by atoms with Crippen LogP contribution in [0.15, 0.2) is 42.6 Å². The number of nitrogens with zero attached hydrogens (tertiary/aromatic N) is 1. The summed E-state index contributed by atoms with van der Waals surface area (Å²) < 4.78 is 27.7. The predicted octanol–water partition coefficient (Wildman–Crippen LogP) is 4.05. The van der Waals surface area contributed by atoms with Gasteiger partial charge in [-0.3, -0.25) is 9.59 Å². The van der Waals surface area contributed by atoms with Gasteiger partial charge in [-0.25, -0.2) is 9.78 Å². The number of halogens is 1. The molecule has 1 fully saturated rings. The maximum Gasteiger partial charge on any atom is 0.329 e. The number of rotatable bonds is 10. The maximum atomic E-state index is 13.2. The van der Waals surface area contributed by atoms with E-state index in [1.54, 1.807) is 0 Å². The summed E-state index contributed by atoms with van der Waals surface area (Å²) in [5.41, 5.74) is -0.111. The van der Waals surface area contributed by atoms with Crippen molar-refractivity contribution in [3.05, 3.63) is 48.3 Å². The highest BCUT2D eigenvalue weighted by Crippen LogP contribution is 2.31. The van der Waals surface area contributed by atoms with Crippen LogP contribution in [0.5, 0.6) is 17.2 Å². The molecule has 1 aliphatic rings. The molecule has 1 aromatic carbocycles. The van der Waals surface area contributed by atoms with Crippen LogP contribution < -0.4 is 19.5 Å². The van der Waals surface area contributed by atoms with Crippen molar-refractivity contribution in [1.29, 1.82) is 0 Å². The third-order valence-electron chi connectivity index (χ3n) is 6.15. The number of methoxy groups -OCH3 is 1. The molecule has 0 saturated carbocycles. The Balaban J connectivity index is 1.77. The molecule has 1 N–H and O–H groups in total. The molecule has 0 spiro atoms. The molecule has 1 aromatic heterocycles. The first-order valence-corrected chi connectivity index (χ1v) is 13.5. The quantitative estimate of drug-likeness (QED) is 0.247. The number of ether oxygens (including phenoxy) is 5. The standard InChI is InChI=1S/C27H33BrN2O8/c1-17-24(38-20-9-5-4-6-10-20)19(12-14-28)8-7-11-21(27(33)37-17)30-26(32)23-25(36-16-35-18(2)31)22(34-3)13-15-29-23/h4-6,9-10,13,15,17,19,21,24H,7-8,11-12,14,16H2,1-3H3,(H,30,32). The molecule has 0 aliphatic carbocycles. The minimum Gasteiger partial charge on any atom is -0.493 e. The fourth-order valence-corrected chi connectivity index (χ4v) is 4.89. The highest BCUT2D eigenvalue weighted by molar-refractivity contribution is 9.09. The molecule has 11 heteroatoms. The monoisotopic (exact) mass is 592 g/mol. The average Bonchev–Trinajstić information content (AvgIpc) is 2.95. The number of alkyl halides is 1. The van der Waals surface area contributed by atoms with Crippen molar-refractivity contribution in [2.24, 2.45) is 5.92 Å². The summed E-state index contributed by atoms with van der Waals surface area (Å²) in [7, 11) is 1.41. The van der Waals surface area contributed by atoms with Gasteiger partial charge in [0.05, 0.1) is 7.11 Å². The number of hydrogen-bond donors (Lipinski definition) is 1. The zero-order valence-corrected chi connectivity index (χ0v) is 23.3. The summed E-state index contributed by atoms with van der Waals surface area (Å²) in [5.74, 6) is -0.701. The van der Waals surface area contributed by atoms with Crippen LogP contribution in [-0.4, -0.2) is 60.3 Å². The Morgan fingerprint density at radius 3 is 2.63 bits per heavy atom. The number of nitrogens with one attached hydrogen (secondary N) is 1. The lowest BCUT2D eigenvalue weighted by molar-refractivity contribution is -0.156. The van der Waals surface area contributed by atoms with Crippen molar-refractivity contribution in [2.45, 2.75) is 57.8 Å². The van der Waals surface area contributed by atoms with Gasteiger partial charge in [0.2, 0.25) is 6.79 Å². The summed E-state index contributed by atoms with van der Waals surface area (Å²) in [6, 6.07) is 10.0. The van der Waals surface area contributed by atoms with Gasteiger partial charge in [0.1, 0.15) is 24.0 Å². The van der Waals surface area contributed by atoms with Crippen LogP contribution in [0.4, 0.5) is 0 Å². The first-order valence-electron chi connectivity index (χ1n) is 12.4. The van der Waals surface area contributed by atoms with Crippen molar-refractivity contribution < 1.29 is 38.1 Å². The number of pyridine rings is 1. The first kappa shape index (κ1) is 29.2. The van der Waals surface area contributed by atoms with E-state index in [1.165, 1.54) is 26.3 Å². The summed E-state index contributed by atoms with van der Waals surface area (Å²) in [4.78, 5) is 41.6. The molecule has 1 aliphatic heterocycles. The molecule has 4 unspecified atom stereocenters. The van der Waals surface area contributed by atoms with Crippen molar-refractivity contribution in [1.82, 2.24) is 10.3 Å². The van der Waals surface area contributed by atoms with Crippen LogP contribution in [0.2, 0.25) is 0 Å². The van der Waals surface area contributed by atoms with Crippen LogP contribution >= 0.6 is 15.9 Å². The van der Waals surface area contributed by atoms with E-state index in [0.29, 0.717) is 18.6 Å². The lowest BCUT2D eigenvalue weighted by atomic mass is 9.90. The second-order valence-corrected chi connectivity index (χ2v) is 9.61. The minimum absolute atomic E-state index is 0.00717. The van der Waals surface area contributed by atoms with E-state index in [4.69, 9.17) is 23.7 Å². The Bertz CT molecular complexity index is 1080. The zero-order chi connectivity index (χ0) is 27.5. The number of benzene rings is 1. The number of aromatic nitrogens is 1. The predicted molar refractivity (Wildman–Crippen MR) is 141 cm³/mol. The first-order chi connectivity index (χ1) is 18.3. The largest absolute Gasteiger partial charge is 0.493 e. The van der Waals surface area contributed by atoms with E-state index < -0.39 is 36.8 Å². The second kappa shape index (κ2) is 14.6. The lowest BCUT2D eigenvalue weighted by Gasteiger charge is -2.31. The third-order valence-corrected chi connectivity index (χ3v) is 6.61. The molecule has 1 amide bonds. The number of carbonyl (C=O) groups excluding carboxylic acids is 3. The van der Waals surface area contributed by atoms with Crippen molar-refractivity contribution in [2.75, 3.05) is 19.2 Å². The van der Waals surface area contributed by atoms with Crippen molar-refractivity contribution >= 4 is 33.8 Å². The van der Waals surface area contributed by atoms with Crippen LogP contribution in [0.1, 0.15) is 50.0 Å². The fourth-order valence-electron chi connectivity index (χ4n) is 4.30. The van der Waals surface area contributed by atoms with Gasteiger partial charge in [-0.05, 0) is 38.3 Å². The van der Waals surface area contributed by atoms with E-state index in [0.717, 1.165) is 18.2 Å². The van der Waals surface area contributed by atoms with Crippen molar-refractivity contribution in [3.63, 3.8) is 0 Å². The number of para-hydroxylation sites is 1. The molecule has 10 nitrogen and oxygen atoms in total. The molecule has 0 radical (unpaired) electrons. The Morgan fingerprint density at radius 2 is 1.95 bits per heavy atom. The lowest BCUT2D eigenvalue weighted by Crippen LogP contribution is -2.45. The van der Waals surface area contributed by atoms with Crippen molar-refractivity contribution in [3.8, 4) is 17.2 Å². The molecule has 4 atom stereocenters.